The Morgan fingerprint density at radius 1 is 1.47 bits per heavy atom. The van der Waals surface area contributed by atoms with Gasteiger partial charge < -0.3 is 9.84 Å². The zero-order valence-electron chi connectivity index (χ0n) is 11.5. The van der Waals surface area contributed by atoms with E-state index >= 15 is 0 Å². The fourth-order valence-electron chi connectivity index (χ4n) is 2.62. The molecule has 0 aliphatic carbocycles. The van der Waals surface area contributed by atoms with Crippen LogP contribution in [-0.2, 0) is 22.5 Å². The SMILES string of the molecule is CCOCC(C)N1Cc2ccccc2CC1C(=O)O. The van der Waals surface area contributed by atoms with E-state index in [0.29, 0.717) is 26.2 Å². The molecule has 1 heterocycles. The Labute approximate surface area is 114 Å². The van der Waals surface area contributed by atoms with E-state index in [1.807, 2.05) is 36.9 Å². The summed E-state index contributed by atoms with van der Waals surface area (Å²) >= 11 is 0. The molecule has 1 aromatic carbocycles. The summed E-state index contributed by atoms with van der Waals surface area (Å²) in [6.45, 7) is 5.89. The number of aliphatic carboxylic acids is 1. The van der Waals surface area contributed by atoms with E-state index in [2.05, 4.69) is 6.07 Å². The van der Waals surface area contributed by atoms with E-state index in [4.69, 9.17) is 4.74 Å². The van der Waals surface area contributed by atoms with Gasteiger partial charge in [-0.1, -0.05) is 24.3 Å². The largest absolute Gasteiger partial charge is 0.480 e. The first kappa shape index (κ1) is 14.0. The molecule has 1 aliphatic rings. The molecule has 0 radical (unpaired) electrons. The lowest BCUT2D eigenvalue weighted by Gasteiger charge is -2.38. The number of hydrogen-bond acceptors (Lipinski definition) is 3. The molecule has 1 aliphatic heterocycles. The van der Waals surface area contributed by atoms with E-state index in [9.17, 15) is 9.90 Å². The van der Waals surface area contributed by atoms with Crippen molar-refractivity contribution < 1.29 is 14.6 Å². The van der Waals surface area contributed by atoms with Crippen molar-refractivity contribution in [1.82, 2.24) is 4.90 Å². The molecule has 4 heteroatoms. The minimum absolute atomic E-state index is 0.106. The van der Waals surface area contributed by atoms with Crippen LogP contribution in [0.1, 0.15) is 25.0 Å². The van der Waals surface area contributed by atoms with Gasteiger partial charge in [0.05, 0.1) is 6.61 Å². The standard InChI is InChI=1S/C15H21NO3/c1-3-19-10-11(2)16-9-13-7-5-4-6-12(13)8-14(16)15(17)18/h4-7,11,14H,3,8-10H2,1-2H3,(H,17,18). The van der Waals surface area contributed by atoms with Crippen LogP contribution in [0.3, 0.4) is 0 Å². The van der Waals surface area contributed by atoms with Crippen molar-refractivity contribution in [2.75, 3.05) is 13.2 Å². The molecule has 2 rings (SSSR count). The van der Waals surface area contributed by atoms with Crippen molar-refractivity contribution in [1.29, 1.82) is 0 Å². The first-order valence-electron chi connectivity index (χ1n) is 6.76. The minimum Gasteiger partial charge on any atom is -0.480 e. The first-order valence-corrected chi connectivity index (χ1v) is 6.76. The van der Waals surface area contributed by atoms with Crippen LogP contribution in [0.5, 0.6) is 0 Å². The van der Waals surface area contributed by atoms with E-state index in [0.717, 1.165) is 5.56 Å². The van der Waals surface area contributed by atoms with Gasteiger partial charge in [-0.25, -0.2) is 0 Å². The van der Waals surface area contributed by atoms with E-state index in [-0.39, 0.29) is 6.04 Å². The molecule has 0 amide bonds. The number of carboxylic acid groups (broad SMARTS) is 1. The zero-order chi connectivity index (χ0) is 13.8. The molecule has 2 atom stereocenters. The molecule has 104 valence electrons. The van der Waals surface area contributed by atoms with Gasteiger partial charge >= 0.3 is 5.97 Å². The summed E-state index contributed by atoms with van der Waals surface area (Å²) in [4.78, 5) is 13.5. The number of hydrogen-bond donors (Lipinski definition) is 1. The van der Waals surface area contributed by atoms with Crippen LogP contribution in [0, 0.1) is 0 Å². The van der Waals surface area contributed by atoms with E-state index < -0.39 is 12.0 Å². The smallest absolute Gasteiger partial charge is 0.321 e. The Kier molecular flexibility index (Phi) is 4.56. The molecule has 19 heavy (non-hydrogen) atoms. The highest BCUT2D eigenvalue weighted by Gasteiger charge is 2.33. The third-order valence-electron chi connectivity index (χ3n) is 3.70. The minimum atomic E-state index is -0.752. The molecular weight excluding hydrogens is 242 g/mol. The van der Waals surface area contributed by atoms with Gasteiger partial charge in [0, 0.05) is 19.2 Å². The van der Waals surface area contributed by atoms with Crippen molar-refractivity contribution in [3.8, 4) is 0 Å². The van der Waals surface area contributed by atoms with Crippen LogP contribution in [0.4, 0.5) is 0 Å². The van der Waals surface area contributed by atoms with E-state index in [1.54, 1.807) is 0 Å². The monoisotopic (exact) mass is 263 g/mol. The molecule has 2 unspecified atom stereocenters. The molecule has 0 saturated heterocycles. The second-order valence-corrected chi connectivity index (χ2v) is 5.01. The molecule has 1 aromatic rings. The lowest BCUT2D eigenvalue weighted by molar-refractivity contribution is -0.145. The van der Waals surface area contributed by atoms with Crippen LogP contribution >= 0.6 is 0 Å². The first-order chi connectivity index (χ1) is 9.13. The highest BCUT2D eigenvalue weighted by molar-refractivity contribution is 5.74. The van der Waals surface area contributed by atoms with Gasteiger partial charge in [0.25, 0.3) is 0 Å². The van der Waals surface area contributed by atoms with Crippen LogP contribution in [0.25, 0.3) is 0 Å². The highest BCUT2D eigenvalue weighted by atomic mass is 16.5. The Bertz CT molecular complexity index is 447. The van der Waals surface area contributed by atoms with Crippen molar-refractivity contribution in [2.24, 2.45) is 0 Å². The van der Waals surface area contributed by atoms with Gasteiger partial charge in [0.2, 0.25) is 0 Å². The third kappa shape index (κ3) is 3.14. The summed E-state index contributed by atoms with van der Waals surface area (Å²) < 4.78 is 5.43. The number of rotatable bonds is 5. The van der Waals surface area contributed by atoms with Crippen molar-refractivity contribution in [3.05, 3.63) is 35.4 Å². The van der Waals surface area contributed by atoms with Gasteiger partial charge in [0.1, 0.15) is 6.04 Å². The maximum absolute atomic E-state index is 11.5. The lowest BCUT2D eigenvalue weighted by Crippen LogP contribution is -2.51. The average Bonchev–Trinajstić information content (AvgIpc) is 2.43. The van der Waals surface area contributed by atoms with Crippen LogP contribution in [-0.4, -0.2) is 41.3 Å². The summed E-state index contributed by atoms with van der Waals surface area (Å²) in [5, 5.41) is 9.43. The third-order valence-corrected chi connectivity index (χ3v) is 3.70. The molecule has 0 bridgehead atoms. The fraction of sp³-hybridized carbons (Fsp3) is 0.533. The molecule has 1 N–H and O–H groups in total. The Hall–Kier alpha value is -1.39. The number of ether oxygens (including phenoxy) is 1. The van der Waals surface area contributed by atoms with Gasteiger partial charge in [-0.05, 0) is 31.4 Å². The number of carbonyl (C=O) groups is 1. The highest BCUT2D eigenvalue weighted by Crippen LogP contribution is 2.25. The fourth-order valence-corrected chi connectivity index (χ4v) is 2.62. The number of fused-ring (bicyclic) bond motifs is 1. The number of benzene rings is 1. The predicted octanol–water partition coefficient (Wildman–Crippen LogP) is 1.92. The average molecular weight is 263 g/mol. The maximum Gasteiger partial charge on any atom is 0.321 e. The number of nitrogens with zero attached hydrogens (tertiary/aromatic N) is 1. The Balaban J connectivity index is 2.19. The van der Waals surface area contributed by atoms with Gasteiger partial charge in [-0.15, -0.1) is 0 Å². The van der Waals surface area contributed by atoms with Crippen LogP contribution in [0.15, 0.2) is 24.3 Å². The van der Waals surface area contributed by atoms with Crippen molar-refractivity contribution >= 4 is 5.97 Å². The summed E-state index contributed by atoms with van der Waals surface area (Å²) in [6.07, 6.45) is 0.571. The summed E-state index contributed by atoms with van der Waals surface area (Å²) in [6, 6.07) is 7.73. The van der Waals surface area contributed by atoms with Crippen LogP contribution < -0.4 is 0 Å². The second kappa shape index (κ2) is 6.17. The second-order valence-electron chi connectivity index (χ2n) is 5.01. The molecule has 0 saturated carbocycles. The van der Waals surface area contributed by atoms with Crippen molar-refractivity contribution in [3.63, 3.8) is 0 Å². The normalized spacial score (nSPS) is 20.8. The molecule has 4 nitrogen and oxygen atoms in total. The Morgan fingerprint density at radius 3 is 2.79 bits per heavy atom. The molecular formula is C15H21NO3. The summed E-state index contributed by atoms with van der Waals surface area (Å²) in [7, 11) is 0. The molecule has 0 fully saturated rings. The molecule has 0 aromatic heterocycles. The number of carboxylic acids is 1. The predicted molar refractivity (Wildman–Crippen MR) is 73.1 cm³/mol. The molecule has 0 spiro atoms. The maximum atomic E-state index is 11.5. The lowest BCUT2D eigenvalue weighted by atomic mass is 9.93. The zero-order valence-corrected chi connectivity index (χ0v) is 11.5. The summed E-state index contributed by atoms with van der Waals surface area (Å²) in [5.74, 6) is -0.752. The van der Waals surface area contributed by atoms with Gasteiger partial charge in [0.15, 0.2) is 0 Å². The van der Waals surface area contributed by atoms with Crippen molar-refractivity contribution in [2.45, 2.75) is 38.9 Å². The topological polar surface area (TPSA) is 49.8 Å². The van der Waals surface area contributed by atoms with E-state index in [1.165, 1.54) is 5.56 Å². The van der Waals surface area contributed by atoms with Gasteiger partial charge in [-0.2, -0.15) is 0 Å². The van der Waals surface area contributed by atoms with Gasteiger partial charge in [-0.3, -0.25) is 9.69 Å². The quantitative estimate of drug-likeness (QED) is 0.882. The summed E-state index contributed by atoms with van der Waals surface area (Å²) in [5.41, 5.74) is 2.37. The Morgan fingerprint density at radius 2 is 2.16 bits per heavy atom. The van der Waals surface area contributed by atoms with Crippen LogP contribution in [0.2, 0.25) is 0 Å².